The number of hydrogen-bond donors (Lipinski definition) is 1. The van der Waals surface area contributed by atoms with Crippen molar-refractivity contribution in [2.24, 2.45) is 11.8 Å². The first-order valence-corrected chi connectivity index (χ1v) is 15.7. The van der Waals surface area contributed by atoms with E-state index < -0.39 is 5.76 Å². The molecule has 1 amide bonds. The molecule has 11 nitrogen and oxygen atoms in total. The summed E-state index contributed by atoms with van der Waals surface area (Å²) in [5.74, 6) is 1.88. The lowest BCUT2D eigenvalue weighted by Crippen LogP contribution is -2.59. The van der Waals surface area contributed by atoms with Crippen LogP contribution in [-0.4, -0.2) is 65.6 Å². The number of amides is 1. The molecule has 4 aromatic heterocycles. The molecule has 1 N–H and O–H groups in total. The van der Waals surface area contributed by atoms with E-state index in [1.807, 2.05) is 24.0 Å². The number of aromatic amines is 1. The van der Waals surface area contributed by atoms with Crippen molar-refractivity contribution in [3.05, 3.63) is 40.1 Å². The molecule has 6 rings (SSSR count). The number of H-pyrrole nitrogens is 1. The van der Waals surface area contributed by atoms with Gasteiger partial charge in [-0.25, -0.2) is 14.8 Å². The number of nitrogens with zero attached hydrogens (tertiary/aromatic N) is 7. The number of aromatic nitrogens is 6. The van der Waals surface area contributed by atoms with Crippen molar-refractivity contribution < 1.29 is 9.32 Å². The summed E-state index contributed by atoms with van der Waals surface area (Å²) in [6, 6.07) is 3.81. The number of pyridine rings is 2. The summed E-state index contributed by atoms with van der Waals surface area (Å²) in [4.78, 5) is 46.3. The molecule has 2 fully saturated rings. The van der Waals surface area contributed by atoms with E-state index in [1.165, 1.54) is 12.8 Å². The van der Waals surface area contributed by atoms with Crippen molar-refractivity contribution >= 4 is 34.5 Å². The number of fused-ring (bicyclic) bond motifs is 1. The summed E-state index contributed by atoms with van der Waals surface area (Å²) >= 11 is 6.41. The van der Waals surface area contributed by atoms with Crippen LogP contribution in [0.1, 0.15) is 66.2 Å². The quantitative estimate of drug-likeness (QED) is 0.290. The van der Waals surface area contributed by atoms with Crippen LogP contribution >= 0.6 is 11.6 Å². The maximum absolute atomic E-state index is 12.9. The first-order chi connectivity index (χ1) is 20.7. The van der Waals surface area contributed by atoms with E-state index in [-0.39, 0.29) is 23.8 Å². The molecule has 2 atom stereocenters. The van der Waals surface area contributed by atoms with Gasteiger partial charge in [0.05, 0.1) is 21.7 Å². The predicted molar refractivity (Wildman–Crippen MR) is 166 cm³/mol. The number of imidazole rings is 1. The van der Waals surface area contributed by atoms with Gasteiger partial charge >= 0.3 is 5.76 Å². The zero-order chi connectivity index (χ0) is 30.2. The number of anilines is 1. The third-order valence-corrected chi connectivity index (χ3v) is 9.12. The molecule has 12 heteroatoms. The van der Waals surface area contributed by atoms with Gasteiger partial charge in [-0.2, -0.15) is 0 Å². The van der Waals surface area contributed by atoms with Gasteiger partial charge in [-0.3, -0.25) is 19.3 Å². The number of piperazine rings is 1. The Morgan fingerprint density at radius 3 is 2.47 bits per heavy atom. The Kier molecular flexibility index (Phi) is 8.26. The number of carbonyl (C=O) groups is 1. The van der Waals surface area contributed by atoms with Crippen molar-refractivity contribution in [2.75, 3.05) is 18.0 Å². The largest absolute Gasteiger partial charge is 0.439 e. The highest BCUT2D eigenvalue weighted by Crippen LogP contribution is 2.38. The predicted octanol–water partition coefficient (Wildman–Crippen LogP) is 5.54. The van der Waals surface area contributed by atoms with Crippen LogP contribution in [0.4, 0.5) is 5.95 Å². The monoisotopic (exact) mass is 606 g/mol. The van der Waals surface area contributed by atoms with E-state index in [2.05, 4.69) is 45.4 Å². The Morgan fingerprint density at radius 1 is 1.07 bits per heavy atom. The Bertz CT molecular complexity index is 1660. The fraction of sp³-hybridized carbons (Fsp3) is 0.548. The van der Waals surface area contributed by atoms with E-state index in [0.717, 1.165) is 54.3 Å². The van der Waals surface area contributed by atoms with Crippen molar-refractivity contribution in [1.82, 2.24) is 34.6 Å². The SMILES string of the molecule is CCCC(=O)N1CC(C)N(c2nc3cc(-c4noc(=O)[nH]4)nc(-c4cncc(Cl)c4)c3n2C[C@H]2CC[C@H](C)CC2)[C@H](C)C1. The minimum Gasteiger partial charge on any atom is -0.339 e. The Hall–Kier alpha value is -3.73. The second-order valence-corrected chi connectivity index (χ2v) is 12.8. The van der Waals surface area contributed by atoms with Gasteiger partial charge in [0.15, 0.2) is 0 Å². The number of rotatable bonds is 7. The summed E-state index contributed by atoms with van der Waals surface area (Å²) in [6.45, 7) is 10.8. The van der Waals surface area contributed by atoms with Crippen LogP contribution in [-0.2, 0) is 11.3 Å². The minimum absolute atomic E-state index is 0.0575. The average molecular weight is 607 g/mol. The fourth-order valence-corrected chi connectivity index (χ4v) is 6.95. The van der Waals surface area contributed by atoms with Crippen LogP contribution in [0.15, 0.2) is 33.8 Å². The van der Waals surface area contributed by atoms with Crippen LogP contribution in [0.3, 0.4) is 0 Å². The summed E-state index contributed by atoms with van der Waals surface area (Å²) in [5, 5.41) is 4.39. The molecule has 0 bridgehead atoms. The lowest BCUT2D eigenvalue weighted by atomic mass is 9.83. The Labute approximate surface area is 255 Å². The van der Waals surface area contributed by atoms with Gasteiger partial charge in [-0.05, 0) is 57.1 Å². The molecule has 1 aliphatic heterocycles. The molecule has 4 aromatic rings. The summed E-state index contributed by atoms with van der Waals surface area (Å²) in [7, 11) is 0. The zero-order valence-corrected chi connectivity index (χ0v) is 26.0. The van der Waals surface area contributed by atoms with Gasteiger partial charge < -0.3 is 14.4 Å². The number of hydrogen-bond acceptors (Lipinski definition) is 8. The van der Waals surface area contributed by atoms with Crippen LogP contribution in [0.2, 0.25) is 5.02 Å². The molecule has 1 aliphatic carbocycles. The number of carbonyl (C=O) groups excluding carboxylic acids is 1. The van der Waals surface area contributed by atoms with Crippen molar-refractivity contribution in [3.63, 3.8) is 0 Å². The van der Waals surface area contributed by atoms with Crippen LogP contribution in [0.25, 0.3) is 33.8 Å². The summed E-state index contributed by atoms with van der Waals surface area (Å²) in [5.41, 5.74) is 3.45. The average Bonchev–Trinajstić information content (AvgIpc) is 3.57. The number of nitrogens with one attached hydrogen (secondary N) is 1. The molecule has 1 saturated carbocycles. The molecule has 1 saturated heterocycles. The molecule has 0 spiro atoms. The van der Waals surface area contributed by atoms with Gasteiger partial charge in [0.1, 0.15) is 5.69 Å². The highest BCUT2D eigenvalue weighted by Gasteiger charge is 2.36. The smallest absolute Gasteiger partial charge is 0.339 e. The van der Waals surface area contributed by atoms with Gasteiger partial charge in [0, 0.05) is 56.1 Å². The molecule has 1 unspecified atom stereocenters. The van der Waals surface area contributed by atoms with Gasteiger partial charge in [-0.1, -0.05) is 43.4 Å². The van der Waals surface area contributed by atoms with Gasteiger partial charge in [0.2, 0.25) is 17.7 Å². The minimum atomic E-state index is -0.654. The molecule has 5 heterocycles. The van der Waals surface area contributed by atoms with E-state index in [9.17, 15) is 9.59 Å². The summed E-state index contributed by atoms with van der Waals surface area (Å²) in [6.07, 6.45) is 9.48. The Morgan fingerprint density at radius 2 is 1.81 bits per heavy atom. The molecule has 0 radical (unpaired) electrons. The van der Waals surface area contributed by atoms with Crippen LogP contribution in [0, 0.1) is 11.8 Å². The molecule has 0 aromatic carbocycles. The maximum Gasteiger partial charge on any atom is 0.439 e. The first-order valence-electron chi connectivity index (χ1n) is 15.4. The molecular formula is C31H39ClN8O3. The Balaban J connectivity index is 1.53. The van der Waals surface area contributed by atoms with Crippen molar-refractivity contribution in [3.8, 4) is 22.8 Å². The van der Waals surface area contributed by atoms with E-state index in [1.54, 1.807) is 12.4 Å². The highest BCUT2D eigenvalue weighted by atomic mass is 35.5. The molecule has 228 valence electrons. The second kappa shape index (κ2) is 12.1. The normalized spacial score (nSPS) is 22.8. The van der Waals surface area contributed by atoms with Crippen molar-refractivity contribution in [1.29, 1.82) is 0 Å². The third kappa shape index (κ3) is 5.91. The van der Waals surface area contributed by atoms with Gasteiger partial charge in [-0.15, -0.1) is 0 Å². The van der Waals surface area contributed by atoms with Crippen molar-refractivity contribution in [2.45, 2.75) is 84.8 Å². The maximum atomic E-state index is 12.9. The summed E-state index contributed by atoms with van der Waals surface area (Å²) < 4.78 is 7.13. The third-order valence-electron chi connectivity index (χ3n) is 8.91. The lowest BCUT2D eigenvalue weighted by molar-refractivity contribution is -0.132. The van der Waals surface area contributed by atoms with E-state index in [4.69, 9.17) is 26.1 Å². The highest BCUT2D eigenvalue weighted by molar-refractivity contribution is 6.30. The standard InChI is InChI=1S/C31H39ClN8O3/c1-5-6-26(41)38-15-19(3)40(20(4)16-38)30-35-24-12-25(29-36-31(42)43-37-29)34-27(22-11-23(32)14-33-13-22)28(24)39(30)17-21-9-7-18(2)8-10-21/h11-14,18-21H,5-10,15-17H2,1-4H3,(H,36,37,42)/t18-,19-,20?,21-/m1/s1. The van der Waals surface area contributed by atoms with E-state index in [0.29, 0.717) is 41.8 Å². The topological polar surface area (TPSA) is 126 Å². The second-order valence-electron chi connectivity index (χ2n) is 12.4. The van der Waals surface area contributed by atoms with E-state index >= 15 is 0 Å². The zero-order valence-electron chi connectivity index (χ0n) is 25.2. The molecular weight excluding hydrogens is 568 g/mol. The first kappa shape index (κ1) is 29.3. The lowest BCUT2D eigenvalue weighted by Gasteiger charge is -2.45. The van der Waals surface area contributed by atoms with Gasteiger partial charge in [0.25, 0.3) is 0 Å². The molecule has 2 aliphatic rings. The molecule has 43 heavy (non-hydrogen) atoms. The fourth-order valence-electron chi connectivity index (χ4n) is 6.78. The van der Waals surface area contributed by atoms with Crippen LogP contribution < -0.4 is 10.7 Å². The number of halogens is 1. The van der Waals surface area contributed by atoms with Crippen LogP contribution in [0.5, 0.6) is 0 Å².